The Hall–Kier alpha value is -1.24. The third kappa shape index (κ3) is 2.13. The Balaban J connectivity index is 2.24. The molecule has 1 aromatic heterocycles. The van der Waals surface area contributed by atoms with E-state index in [0.29, 0.717) is 0 Å². The topological polar surface area (TPSA) is 15.8 Å². The molecule has 0 fully saturated rings. The number of aromatic amines is 1. The van der Waals surface area contributed by atoms with E-state index in [1.54, 1.807) is 0 Å². The number of benzene rings is 1. The zero-order chi connectivity index (χ0) is 11.5. The van der Waals surface area contributed by atoms with Crippen molar-refractivity contribution in [2.45, 2.75) is 40.0 Å². The van der Waals surface area contributed by atoms with Crippen LogP contribution in [0.1, 0.15) is 37.8 Å². The fourth-order valence-corrected chi connectivity index (χ4v) is 2.25. The standard InChI is InChI=1S/C15H21N/c1-4-11(2)8-9-13-10-16-14-7-5-6-12(3)15(13)14/h5-7,10-11,16H,4,8-9H2,1-3H3/t11-/m1/s1. The maximum Gasteiger partial charge on any atom is 0.0459 e. The second-order valence-electron chi connectivity index (χ2n) is 4.86. The Morgan fingerprint density at radius 2 is 2.12 bits per heavy atom. The molecule has 1 N–H and O–H groups in total. The Labute approximate surface area is 97.9 Å². The molecule has 1 nitrogen and oxygen atoms in total. The third-order valence-electron chi connectivity index (χ3n) is 3.60. The van der Waals surface area contributed by atoms with Gasteiger partial charge in [0.1, 0.15) is 0 Å². The van der Waals surface area contributed by atoms with Gasteiger partial charge < -0.3 is 4.98 Å². The van der Waals surface area contributed by atoms with Crippen molar-refractivity contribution in [1.29, 1.82) is 0 Å². The van der Waals surface area contributed by atoms with Gasteiger partial charge in [0.05, 0.1) is 0 Å². The average molecular weight is 215 g/mol. The molecule has 0 amide bonds. The minimum atomic E-state index is 0.828. The van der Waals surface area contributed by atoms with E-state index in [-0.39, 0.29) is 0 Å². The van der Waals surface area contributed by atoms with Crippen molar-refractivity contribution in [1.82, 2.24) is 4.98 Å². The van der Waals surface area contributed by atoms with Crippen LogP contribution in [-0.4, -0.2) is 4.98 Å². The summed E-state index contributed by atoms with van der Waals surface area (Å²) in [6, 6.07) is 6.48. The summed E-state index contributed by atoms with van der Waals surface area (Å²) in [5.74, 6) is 0.828. The molecule has 0 aliphatic heterocycles. The molecule has 2 aromatic rings. The number of aromatic nitrogens is 1. The fraction of sp³-hybridized carbons (Fsp3) is 0.467. The van der Waals surface area contributed by atoms with Crippen LogP contribution in [-0.2, 0) is 6.42 Å². The van der Waals surface area contributed by atoms with Crippen molar-refractivity contribution in [3.8, 4) is 0 Å². The largest absolute Gasteiger partial charge is 0.361 e. The zero-order valence-electron chi connectivity index (χ0n) is 10.5. The van der Waals surface area contributed by atoms with Crippen LogP contribution in [0.5, 0.6) is 0 Å². The summed E-state index contributed by atoms with van der Waals surface area (Å²) in [4.78, 5) is 3.37. The molecule has 0 aliphatic rings. The van der Waals surface area contributed by atoms with Crippen molar-refractivity contribution in [2.24, 2.45) is 5.92 Å². The van der Waals surface area contributed by atoms with Crippen LogP contribution in [0.25, 0.3) is 10.9 Å². The van der Waals surface area contributed by atoms with Gasteiger partial charge in [-0.25, -0.2) is 0 Å². The van der Waals surface area contributed by atoms with E-state index in [1.165, 1.54) is 41.3 Å². The first kappa shape index (κ1) is 11.3. The van der Waals surface area contributed by atoms with Crippen molar-refractivity contribution in [3.05, 3.63) is 35.5 Å². The summed E-state index contributed by atoms with van der Waals surface area (Å²) in [7, 11) is 0. The second kappa shape index (κ2) is 4.73. The van der Waals surface area contributed by atoms with Crippen LogP contribution in [0.3, 0.4) is 0 Å². The monoisotopic (exact) mass is 215 g/mol. The SMILES string of the molecule is CC[C@@H](C)CCc1c[nH]c2cccc(C)c12. The lowest BCUT2D eigenvalue weighted by molar-refractivity contribution is 0.517. The molecule has 1 heteroatoms. The van der Waals surface area contributed by atoms with Gasteiger partial charge in [-0.3, -0.25) is 0 Å². The summed E-state index contributed by atoms with van der Waals surface area (Å²) in [5, 5.41) is 1.44. The lowest BCUT2D eigenvalue weighted by Crippen LogP contribution is -1.95. The fourth-order valence-electron chi connectivity index (χ4n) is 2.25. The summed E-state index contributed by atoms with van der Waals surface area (Å²) in [5.41, 5.74) is 4.14. The van der Waals surface area contributed by atoms with Crippen molar-refractivity contribution in [2.75, 3.05) is 0 Å². The van der Waals surface area contributed by atoms with Crippen LogP contribution >= 0.6 is 0 Å². The quantitative estimate of drug-likeness (QED) is 0.775. The van der Waals surface area contributed by atoms with Crippen molar-refractivity contribution >= 4 is 10.9 Å². The zero-order valence-corrected chi connectivity index (χ0v) is 10.5. The molecule has 0 bridgehead atoms. The minimum Gasteiger partial charge on any atom is -0.361 e. The molecule has 1 aromatic carbocycles. The molecule has 16 heavy (non-hydrogen) atoms. The molecule has 1 heterocycles. The Morgan fingerprint density at radius 3 is 2.88 bits per heavy atom. The van der Waals surface area contributed by atoms with Gasteiger partial charge in [0.2, 0.25) is 0 Å². The molecule has 0 radical (unpaired) electrons. The molecule has 2 rings (SSSR count). The summed E-state index contributed by atoms with van der Waals surface area (Å²) >= 11 is 0. The lowest BCUT2D eigenvalue weighted by atomic mass is 9.97. The summed E-state index contributed by atoms with van der Waals surface area (Å²) in [6.45, 7) is 6.80. The van der Waals surface area contributed by atoms with Gasteiger partial charge >= 0.3 is 0 Å². The van der Waals surface area contributed by atoms with Gasteiger partial charge in [0.15, 0.2) is 0 Å². The Bertz CT molecular complexity index is 467. The summed E-state index contributed by atoms with van der Waals surface area (Å²) in [6.07, 6.45) is 5.94. The molecular weight excluding hydrogens is 194 g/mol. The lowest BCUT2D eigenvalue weighted by Gasteiger charge is -2.07. The first-order valence-corrected chi connectivity index (χ1v) is 6.28. The van der Waals surface area contributed by atoms with Gasteiger partial charge in [0.25, 0.3) is 0 Å². The summed E-state index contributed by atoms with van der Waals surface area (Å²) < 4.78 is 0. The van der Waals surface area contributed by atoms with E-state index in [1.807, 2.05) is 0 Å². The first-order valence-electron chi connectivity index (χ1n) is 6.28. The average Bonchev–Trinajstić information content (AvgIpc) is 2.70. The van der Waals surface area contributed by atoms with Crippen LogP contribution in [0.15, 0.2) is 24.4 Å². The van der Waals surface area contributed by atoms with Crippen LogP contribution in [0.2, 0.25) is 0 Å². The molecule has 0 aliphatic carbocycles. The molecule has 0 spiro atoms. The van der Waals surface area contributed by atoms with E-state index in [4.69, 9.17) is 0 Å². The number of rotatable bonds is 4. The normalized spacial score (nSPS) is 13.2. The van der Waals surface area contributed by atoms with Gasteiger partial charge in [0, 0.05) is 17.1 Å². The Morgan fingerprint density at radius 1 is 1.31 bits per heavy atom. The highest BCUT2D eigenvalue weighted by molar-refractivity contribution is 5.86. The number of fused-ring (bicyclic) bond motifs is 1. The number of hydrogen-bond donors (Lipinski definition) is 1. The molecule has 86 valence electrons. The van der Waals surface area contributed by atoms with E-state index >= 15 is 0 Å². The van der Waals surface area contributed by atoms with E-state index in [2.05, 4.69) is 50.2 Å². The number of hydrogen-bond acceptors (Lipinski definition) is 0. The van der Waals surface area contributed by atoms with Gasteiger partial charge in [-0.1, -0.05) is 32.4 Å². The Kier molecular flexibility index (Phi) is 3.33. The maximum absolute atomic E-state index is 3.37. The minimum absolute atomic E-state index is 0.828. The number of aryl methyl sites for hydroxylation is 2. The number of nitrogens with one attached hydrogen (secondary N) is 1. The highest BCUT2D eigenvalue weighted by Crippen LogP contribution is 2.24. The molecule has 0 saturated heterocycles. The molecule has 0 unspecified atom stereocenters. The van der Waals surface area contributed by atoms with E-state index in [0.717, 1.165) is 5.92 Å². The van der Waals surface area contributed by atoms with Crippen molar-refractivity contribution < 1.29 is 0 Å². The second-order valence-corrected chi connectivity index (χ2v) is 4.86. The van der Waals surface area contributed by atoms with Crippen LogP contribution in [0, 0.1) is 12.8 Å². The third-order valence-corrected chi connectivity index (χ3v) is 3.60. The molecule has 1 atom stereocenters. The van der Waals surface area contributed by atoms with Gasteiger partial charge in [-0.15, -0.1) is 0 Å². The molecular formula is C15H21N. The smallest absolute Gasteiger partial charge is 0.0459 e. The number of H-pyrrole nitrogens is 1. The maximum atomic E-state index is 3.37. The van der Waals surface area contributed by atoms with Crippen molar-refractivity contribution in [3.63, 3.8) is 0 Å². The highest BCUT2D eigenvalue weighted by Gasteiger charge is 2.07. The van der Waals surface area contributed by atoms with Crippen LogP contribution < -0.4 is 0 Å². The first-order chi connectivity index (χ1) is 7.72. The van der Waals surface area contributed by atoms with E-state index < -0.39 is 0 Å². The molecule has 0 saturated carbocycles. The predicted molar refractivity (Wildman–Crippen MR) is 70.8 cm³/mol. The van der Waals surface area contributed by atoms with Crippen LogP contribution in [0.4, 0.5) is 0 Å². The van der Waals surface area contributed by atoms with Gasteiger partial charge in [-0.2, -0.15) is 0 Å². The highest BCUT2D eigenvalue weighted by atomic mass is 14.7. The van der Waals surface area contributed by atoms with E-state index in [9.17, 15) is 0 Å². The predicted octanol–water partition coefficient (Wildman–Crippen LogP) is 4.46. The van der Waals surface area contributed by atoms with Gasteiger partial charge in [-0.05, 0) is 42.9 Å².